The van der Waals surface area contributed by atoms with Crippen molar-refractivity contribution in [1.29, 1.82) is 0 Å². The van der Waals surface area contributed by atoms with Crippen LogP contribution in [0.3, 0.4) is 0 Å². The lowest BCUT2D eigenvalue weighted by Gasteiger charge is -2.05. The molecule has 0 saturated carbocycles. The first-order valence-corrected chi connectivity index (χ1v) is 7.88. The van der Waals surface area contributed by atoms with Gasteiger partial charge in [0.25, 0.3) is 0 Å². The number of rotatable bonds is 4. The monoisotopic (exact) mass is 325 g/mol. The molecule has 23 heavy (non-hydrogen) atoms. The molecule has 3 rings (SSSR count). The molecular weight excluding hydrogens is 310 g/mol. The summed E-state index contributed by atoms with van der Waals surface area (Å²) in [5, 5.41) is 0.825. The Hall–Kier alpha value is -2.66. The van der Waals surface area contributed by atoms with Crippen LogP contribution in [0, 0.1) is 6.92 Å². The molecule has 0 radical (unpaired) electrons. The van der Waals surface area contributed by atoms with E-state index in [9.17, 15) is 4.79 Å². The highest BCUT2D eigenvalue weighted by molar-refractivity contribution is 7.15. The highest BCUT2D eigenvalue weighted by Gasteiger charge is 2.20. The van der Waals surface area contributed by atoms with Gasteiger partial charge in [-0.15, -0.1) is 11.3 Å². The Morgan fingerprint density at radius 2 is 1.65 bits per heavy atom. The molecule has 0 saturated heterocycles. The molecule has 3 aromatic rings. The van der Waals surface area contributed by atoms with Crippen LogP contribution in [0.25, 0.3) is 10.4 Å². The number of ether oxygens (including phenoxy) is 2. The van der Waals surface area contributed by atoms with Gasteiger partial charge in [-0.25, -0.2) is 9.78 Å². The van der Waals surface area contributed by atoms with E-state index in [0.717, 1.165) is 15.4 Å². The average molecular weight is 325 g/mol. The molecule has 0 spiro atoms. The zero-order chi connectivity index (χ0) is 16.2. The Morgan fingerprint density at radius 1 is 1.00 bits per heavy atom. The first-order valence-electron chi connectivity index (χ1n) is 7.06. The van der Waals surface area contributed by atoms with Crippen LogP contribution in [-0.4, -0.2) is 18.1 Å². The number of esters is 1. The smallest absolute Gasteiger partial charge is 0.363 e. The van der Waals surface area contributed by atoms with Gasteiger partial charge < -0.3 is 9.47 Å². The van der Waals surface area contributed by atoms with E-state index in [0.29, 0.717) is 17.2 Å². The SMILES string of the molecule is COc1ccc(OC(=O)c2nc(C)sc2-c2ccccc2)cc1. The number of hydrogen-bond donors (Lipinski definition) is 0. The van der Waals surface area contributed by atoms with Crippen molar-refractivity contribution >= 4 is 17.3 Å². The van der Waals surface area contributed by atoms with Crippen LogP contribution in [0.4, 0.5) is 0 Å². The third kappa shape index (κ3) is 3.40. The first kappa shape index (κ1) is 15.2. The van der Waals surface area contributed by atoms with E-state index in [1.54, 1.807) is 31.4 Å². The van der Waals surface area contributed by atoms with Crippen LogP contribution in [0.2, 0.25) is 0 Å². The summed E-state index contributed by atoms with van der Waals surface area (Å²) < 4.78 is 10.5. The molecule has 116 valence electrons. The van der Waals surface area contributed by atoms with Gasteiger partial charge in [-0.3, -0.25) is 0 Å². The minimum Gasteiger partial charge on any atom is -0.497 e. The summed E-state index contributed by atoms with van der Waals surface area (Å²) in [6.07, 6.45) is 0. The second kappa shape index (κ2) is 6.62. The van der Waals surface area contributed by atoms with Gasteiger partial charge in [0.15, 0.2) is 5.69 Å². The van der Waals surface area contributed by atoms with Crippen LogP contribution < -0.4 is 9.47 Å². The van der Waals surface area contributed by atoms with E-state index < -0.39 is 5.97 Å². The van der Waals surface area contributed by atoms with Gasteiger partial charge in [-0.1, -0.05) is 30.3 Å². The number of aryl methyl sites for hydroxylation is 1. The Morgan fingerprint density at radius 3 is 2.30 bits per heavy atom. The summed E-state index contributed by atoms with van der Waals surface area (Å²) in [5.41, 5.74) is 1.30. The Kier molecular flexibility index (Phi) is 4.39. The normalized spacial score (nSPS) is 10.3. The molecule has 1 aromatic heterocycles. The minimum atomic E-state index is -0.460. The van der Waals surface area contributed by atoms with Gasteiger partial charge in [-0.2, -0.15) is 0 Å². The lowest BCUT2D eigenvalue weighted by atomic mass is 10.1. The third-order valence-electron chi connectivity index (χ3n) is 3.23. The Balaban J connectivity index is 1.87. The molecule has 0 unspecified atom stereocenters. The van der Waals surface area contributed by atoms with Crippen LogP contribution in [0.15, 0.2) is 54.6 Å². The Labute approximate surface area is 138 Å². The highest BCUT2D eigenvalue weighted by atomic mass is 32.1. The topological polar surface area (TPSA) is 48.4 Å². The average Bonchev–Trinajstić information content (AvgIpc) is 2.98. The molecule has 0 aliphatic heterocycles. The fourth-order valence-corrected chi connectivity index (χ4v) is 3.06. The molecule has 5 heteroatoms. The maximum absolute atomic E-state index is 12.5. The maximum atomic E-state index is 12.5. The van der Waals surface area contributed by atoms with E-state index in [1.165, 1.54) is 11.3 Å². The van der Waals surface area contributed by atoms with Gasteiger partial charge >= 0.3 is 5.97 Å². The van der Waals surface area contributed by atoms with Gasteiger partial charge in [0.05, 0.1) is 17.0 Å². The van der Waals surface area contributed by atoms with Crippen molar-refractivity contribution in [3.63, 3.8) is 0 Å². The molecule has 2 aromatic carbocycles. The molecule has 4 nitrogen and oxygen atoms in total. The summed E-state index contributed by atoms with van der Waals surface area (Å²) in [6, 6.07) is 16.6. The van der Waals surface area contributed by atoms with Crippen LogP contribution in [0.1, 0.15) is 15.5 Å². The summed E-state index contributed by atoms with van der Waals surface area (Å²) in [5.74, 6) is 0.707. The number of methoxy groups -OCH3 is 1. The standard InChI is InChI=1S/C18H15NO3S/c1-12-19-16(17(23-12)13-6-4-3-5-7-13)18(20)22-15-10-8-14(21-2)9-11-15/h3-11H,1-2H3. The second-order valence-corrected chi connectivity index (χ2v) is 6.04. The molecule has 0 fully saturated rings. The highest BCUT2D eigenvalue weighted by Crippen LogP contribution is 2.31. The number of nitrogens with zero attached hydrogens (tertiary/aromatic N) is 1. The summed E-state index contributed by atoms with van der Waals surface area (Å²) in [6.45, 7) is 1.88. The van der Waals surface area contributed by atoms with Crippen LogP contribution in [-0.2, 0) is 0 Å². The first-order chi connectivity index (χ1) is 11.2. The van der Waals surface area contributed by atoms with E-state index in [4.69, 9.17) is 9.47 Å². The van der Waals surface area contributed by atoms with Crippen molar-refractivity contribution in [2.75, 3.05) is 7.11 Å². The summed E-state index contributed by atoms with van der Waals surface area (Å²) in [7, 11) is 1.59. The fourth-order valence-electron chi connectivity index (χ4n) is 2.15. The van der Waals surface area contributed by atoms with Crippen LogP contribution in [0.5, 0.6) is 11.5 Å². The van der Waals surface area contributed by atoms with Crippen LogP contribution >= 0.6 is 11.3 Å². The second-order valence-electron chi connectivity index (χ2n) is 4.84. The number of carbonyl (C=O) groups excluding carboxylic acids is 1. The largest absolute Gasteiger partial charge is 0.497 e. The van der Waals surface area contributed by atoms with Gasteiger partial charge in [0.1, 0.15) is 11.5 Å². The lowest BCUT2D eigenvalue weighted by Crippen LogP contribution is -2.10. The van der Waals surface area contributed by atoms with Gasteiger partial charge in [-0.05, 0) is 36.8 Å². The Bertz CT molecular complexity index is 810. The fraction of sp³-hybridized carbons (Fsp3) is 0.111. The van der Waals surface area contributed by atoms with E-state index in [-0.39, 0.29) is 0 Å². The van der Waals surface area contributed by atoms with Crippen molar-refractivity contribution in [3.05, 3.63) is 65.3 Å². The predicted molar refractivity (Wildman–Crippen MR) is 90.2 cm³/mol. The zero-order valence-corrected chi connectivity index (χ0v) is 13.6. The number of benzene rings is 2. The quantitative estimate of drug-likeness (QED) is 0.529. The zero-order valence-electron chi connectivity index (χ0n) is 12.8. The number of hydrogen-bond acceptors (Lipinski definition) is 5. The molecule has 0 N–H and O–H groups in total. The molecule has 0 atom stereocenters. The number of carbonyl (C=O) groups is 1. The molecule has 1 heterocycles. The lowest BCUT2D eigenvalue weighted by molar-refractivity contribution is 0.0730. The van der Waals surface area contributed by atoms with Crippen molar-refractivity contribution in [2.45, 2.75) is 6.92 Å². The maximum Gasteiger partial charge on any atom is 0.363 e. The van der Waals surface area contributed by atoms with E-state index in [2.05, 4.69) is 4.98 Å². The van der Waals surface area contributed by atoms with E-state index >= 15 is 0 Å². The molecule has 0 aliphatic rings. The van der Waals surface area contributed by atoms with Crippen molar-refractivity contribution in [2.24, 2.45) is 0 Å². The molecule has 0 aliphatic carbocycles. The summed E-state index contributed by atoms with van der Waals surface area (Å²) in [4.78, 5) is 17.6. The predicted octanol–water partition coefficient (Wildman–Crippen LogP) is 4.35. The molecule has 0 amide bonds. The third-order valence-corrected chi connectivity index (χ3v) is 4.25. The van der Waals surface area contributed by atoms with Crippen molar-refractivity contribution < 1.29 is 14.3 Å². The van der Waals surface area contributed by atoms with E-state index in [1.807, 2.05) is 37.3 Å². The van der Waals surface area contributed by atoms with Crippen molar-refractivity contribution in [1.82, 2.24) is 4.98 Å². The van der Waals surface area contributed by atoms with Crippen molar-refractivity contribution in [3.8, 4) is 21.9 Å². The number of aromatic nitrogens is 1. The minimum absolute atomic E-state index is 0.342. The molecule has 0 bridgehead atoms. The summed E-state index contributed by atoms with van der Waals surface area (Å²) >= 11 is 1.48. The number of thiazole rings is 1. The van der Waals surface area contributed by atoms with Gasteiger partial charge in [0, 0.05) is 0 Å². The van der Waals surface area contributed by atoms with Gasteiger partial charge in [0.2, 0.25) is 0 Å². The molecular formula is C18H15NO3S.